The van der Waals surface area contributed by atoms with E-state index in [1.54, 1.807) is 7.05 Å². The summed E-state index contributed by atoms with van der Waals surface area (Å²) < 4.78 is 0. The third-order valence-electron chi connectivity index (χ3n) is 2.20. The molecule has 3 N–H and O–H groups in total. The number of alkyl halides is 1. The Hall–Kier alpha value is 0.130. The number of nitrogens with zero attached hydrogens (tertiary/aromatic N) is 1. The van der Waals surface area contributed by atoms with E-state index in [0.717, 1.165) is 13.0 Å². The van der Waals surface area contributed by atoms with Crippen LogP contribution in [0.2, 0.25) is 0 Å². The van der Waals surface area contributed by atoms with Crippen molar-refractivity contribution in [2.24, 2.45) is 0 Å². The summed E-state index contributed by atoms with van der Waals surface area (Å²) in [6.45, 7) is 1.35. The highest BCUT2D eigenvalue weighted by molar-refractivity contribution is 6.17. The van der Waals surface area contributed by atoms with Gasteiger partial charge in [-0.05, 0) is 27.1 Å². The van der Waals surface area contributed by atoms with Crippen molar-refractivity contribution in [1.82, 2.24) is 10.2 Å². The highest BCUT2D eigenvalue weighted by Crippen LogP contribution is 1.97. The molecule has 0 amide bonds. The van der Waals surface area contributed by atoms with E-state index < -0.39 is 6.10 Å². The lowest BCUT2D eigenvalue weighted by molar-refractivity contribution is 0.0661. The second-order valence-electron chi connectivity index (χ2n) is 3.45. The first-order valence-electron chi connectivity index (χ1n) is 4.86. The number of aliphatic hydroxyl groups is 2. The van der Waals surface area contributed by atoms with E-state index in [4.69, 9.17) is 16.7 Å². The van der Waals surface area contributed by atoms with Gasteiger partial charge >= 0.3 is 0 Å². The van der Waals surface area contributed by atoms with Gasteiger partial charge in [0.15, 0.2) is 0 Å². The van der Waals surface area contributed by atoms with E-state index in [-0.39, 0.29) is 12.6 Å². The van der Waals surface area contributed by atoms with E-state index in [1.807, 2.05) is 11.9 Å². The van der Waals surface area contributed by atoms with E-state index >= 15 is 0 Å². The maximum absolute atomic E-state index is 9.68. The molecular formula is C9H21ClN2O2. The molecule has 4 nitrogen and oxygen atoms in total. The van der Waals surface area contributed by atoms with Crippen molar-refractivity contribution in [2.45, 2.75) is 18.6 Å². The molecule has 2 atom stereocenters. The third-order valence-corrected chi connectivity index (χ3v) is 2.47. The number of hydrogen-bond donors (Lipinski definition) is 3. The largest absolute Gasteiger partial charge is 0.395 e. The van der Waals surface area contributed by atoms with Crippen LogP contribution in [-0.4, -0.2) is 66.9 Å². The maximum atomic E-state index is 9.68. The van der Waals surface area contributed by atoms with Crippen molar-refractivity contribution in [2.75, 3.05) is 39.7 Å². The lowest BCUT2D eigenvalue weighted by Crippen LogP contribution is -2.46. The molecule has 0 aromatic carbocycles. The summed E-state index contributed by atoms with van der Waals surface area (Å²) in [4.78, 5) is 2.01. The zero-order chi connectivity index (χ0) is 11.0. The van der Waals surface area contributed by atoms with Crippen LogP contribution in [0.1, 0.15) is 6.42 Å². The molecule has 0 heterocycles. The summed E-state index contributed by atoms with van der Waals surface area (Å²) in [5.74, 6) is 0.635. The van der Waals surface area contributed by atoms with Crippen LogP contribution >= 0.6 is 11.6 Å². The summed E-state index contributed by atoms with van der Waals surface area (Å²) in [7, 11) is 3.66. The molecule has 5 heteroatoms. The van der Waals surface area contributed by atoms with Crippen molar-refractivity contribution in [3.05, 3.63) is 0 Å². The van der Waals surface area contributed by atoms with Crippen LogP contribution in [0.3, 0.4) is 0 Å². The van der Waals surface area contributed by atoms with Crippen LogP contribution < -0.4 is 5.32 Å². The second kappa shape index (κ2) is 8.44. The zero-order valence-corrected chi connectivity index (χ0v) is 9.67. The minimum Gasteiger partial charge on any atom is -0.395 e. The normalized spacial score (nSPS) is 15.9. The summed E-state index contributed by atoms with van der Waals surface area (Å²) in [6, 6.07) is -0.256. The molecule has 0 spiro atoms. The fourth-order valence-electron chi connectivity index (χ4n) is 1.27. The number of hydrogen-bond acceptors (Lipinski definition) is 4. The molecule has 0 rings (SSSR count). The highest BCUT2D eigenvalue weighted by atomic mass is 35.5. The van der Waals surface area contributed by atoms with Gasteiger partial charge in [0.05, 0.1) is 18.8 Å². The lowest BCUT2D eigenvalue weighted by Gasteiger charge is -2.25. The molecule has 0 aliphatic carbocycles. The van der Waals surface area contributed by atoms with Gasteiger partial charge in [-0.2, -0.15) is 0 Å². The van der Waals surface area contributed by atoms with Gasteiger partial charge in [0.2, 0.25) is 0 Å². The smallest absolute Gasteiger partial charge is 0.0842 e. The van der Waals surface area contributed by atoms with Crippen molar-refractivity contribution < 1.29 is 10.2 Å². The molecule has 0 aromatic heterocycles. The van der Waals surface area contributed by atoms with Crippen LogP contribution in [0.25, 0.3) is 0 Å². The van der Waals surface area contributed by atoms with Gasteiger partial charge in [0.25, 0.3) is 0 Å². The Morgan fingerprint density at radius 3 is 2.57 bits per heavy atom. The summed E-state index contributed by atoms with van der Waals surface area (Å²) >= 11 is 5.56. The number of rotatable bonds is 8. The van der Waals surface area contributed by atoms with Gasteiger partial charge in [0.1, 0.15) is 0 Å². The number of halogens is 1. The number of nitrogens with one attached hydrogen (secondary N) is 1. The molecule has 0 fully saturated rings. The topological polar surface area (TPSA) is 55.7 Å². The maximum Gasteiger partial charge on any atom is 0.0842 e. The van der Waals surface area contributed by atoms with E-state index in [9.17, 15) is 5.11 Å². The standard InChI is InChI=1S/C9H21ClN2O2/c1-11-8(7-13)9(14)6-12(2)5-3-4-10/h8-9,11,13-14H,3-7H2,1-2H3. The summed E-state index contributed by atoms with van der Waals surface area (Å²) in [5.41, 5.74) is 0. The molecule has 0 aliphatic rings. The molecular weight excluding hydrogens is 204 g/mol. The fraction of sp³-hybridized carbons (Fsp3) is 1.00. The summed E-state index contributed by atoms with van der Waals surface area (Å²) in [5, 5.41) is 21.5. The van der Waals surface area contributed by atoms with Crippen LogP contribution in [0, 0.1) is 0 Å². The van der Waals surface area contributed by atoms with Crippen molar-refractivity contribution in [1.29, 1.82) is 0 Å². The predicted molar refractivity (Wildman–Crippen MR) is 58.8 cm³/mol. The number of aliphatic hydroxyl groups excluding tert-OH is 2. The Labute approximate surface area is 90.9 Å². The van der Waals surface area contributed by atoms with Gasteiger partial charge in [0, 0.05) is 12.4 Å². The number of likely N-dealkylation sites (N-methyl/N-ethyl adjacent to an activating group) is 2. The molecule has 0 bridgehead atoms. The van der Waals surface area contributed by atoms with Crippen LogP contribution in [-0.2, 0) is 0 Å². The van der Waals surface area contributed by atoms with Gasteiger partial charge < -0.3 is 20.4 Å². The molecule has 86 valence electrons. The first-order valence-corrected chi connectivity index (χ1v) is 5.39. The first kappa shape index (κ1) is 14.1. The van der Waals surface area contributed by atoms with Gasteiger partial charge in [-0.25, -0.2) is 0 Å². The monoisotopic (exact) mass is 224 g/mol. The van der Waals surface area contributed by atoms with Crippen molar-refractivity contribution in [3.8, 4) is 0 Å². The van der Waals surface area contributed by atoms with Crippen LogP contribution in [0.4, 0.5) is 0 Å². The minimum absolute atomic E-state index is 0.0546. The molecule has 0 aromatic rings. The Kier molecular flexibility index (Phi) is 8.52. The van der Waals surface area contributed by atoms with Gasteiger partial charge in [-0.3, -0.25) is 0 Å². The summed E-state index contributed by atoms with van der Waals surface area (Å²) in [6.07, 6.45) is 0.360. The Balaban J connectivity index is 3.73. The quantitative estimate of drug-likeness (QED) is 0.486. The molecule has 0 aliphatic heterocycles. The highest BCUT2D eigenvalue weighted by Gasteiger charge is 2.17. The molecule has 14 heavy (non-hydrogen) atoms. The van der Waals surface area contributed by atoms with Crippen LogP contribution in [0.5, 0.6) is 0 Å². The molecule has 2 unspecified atom stereocenters. The lowest BCUT2D eigenvalue weighted by atomic mass is 10.1. The SMILES string of the molecule is CNC(CO)C(O)CN(C)CCCCl. The van der Waals surface area contributed by atoms with Gasteiger partial charge in [-0.1, -0.05) is 0 Å². The van der Waals surface area contributed by atoms with Gasteiger partial charge in [-0.15, -0.1) is 11.6 Å². The van der Waals surface area contributed by atoms with E-state index in [0.29, 0.717) is 12.4 Å². The Morgan fingerprint density at radius 1 is 1.50 bits per heavy atom. The van der Waals surface area contributed by atoms with Crippen molar-refractivity contribution >= 4 is 11.6 Å². The Morgan fingerprint density at radius 2 is 2.14 bits per heavy atom. The average Bonchev–Trinajstić information content (AvgIpc) is 2.16. The fourth-order valence-corrected chi connectivity index (χ4v) is 1.39. The molecule has 0 saturated carbocycles. The van der Waals surface area contributed by atoms with E-state index in [2.05, 4.69) is 5.32 Å². The molecule has 0 radical (unpaired) electrons. The van der Waals surface area contributed by atoms with E-state index in [1.165, 1.54) is 0 Å². The predicted octanol–water partition coefficient (Wildman–Crippen LogP) is -0.512. The Bertz CT molecular complexity index is 134. The van der Waals surface area contributed by atoms with Crippen LogP contribution in [0.15, 0.2) is 0 Å². The molecule has 0 saturated heterocycles. The van der Waals surface area contributed by atoms with Crippen molar-refractivity contribution in [3.63, 3.8) is 0 Å². The zero-order valence-electron chi connectivity index (χ0n) is 8.91. The second-order valence-corrected chi connectivity index (χ2v) is 3.83. The minimum atomic E-state index is -0.551. The average molecular weight is 225 g/mol. The third kappa shape index (κ3) is 5.78. The first-order chi connectivity index (χ1) is 6.65.